The second-order valence-electron chi connectivity index (χ2n) is 1.09. The second-order valence-corrected chi connectivity index (χ2v) is 1.84. The Hall–Kier alpha value is 0.370. The number of halogens is 5. The van der Waals surface area contributed by atoms with Gasteiger partial charge in [0.05, 0.1) is 0 Å². The van der Waals surface area contributed by atoms with Crippen LogP contribution in [0.5, 0.6) is 0 Å². The topological polar surface area (TPSA) is 0 Å². The monoisotopic (exact) mass is 186 g/mol. The Kier molecular flexibility index (Phi) is 60.2. The highest BCUT2D eigenvalue weighted by Crippen LogP contribution is 1.92. The van der Waals surface area contributed by atoms with Crippen LogP contribution in [-0.4, -0.2) is 11.8 Å². The third-order valence-electron chi connectivity index (χ3n) is 0.517. The summed E-state index contributed by atoms with van der Waals surface area (Å²) in [6.07, 6.45) is 2.09. The number of hydrogen-bond donors (Lipinski definition) is 0. The van der Waals surface area contributed by atoms with Crippen LogP contribution in [0.25, 0.3) is 0 Å². The third-order valence-corrected chi connectivity index (χ3v) is 1.05. The summed E-state index contributed by atoms with van der Waals surface area (Å²) in [6.45, 7) is 0. The van der Waals surface area contributed by atoms with Crippen LogP contribution in [0.15, 0.2) is 0 Å². The van der Waals surface area contributed by atoms with Gasteiger partial charge < -0.3 is 0 Å². The van der Waals surface area contributed by atoms with Crippen LogP contribution >= 0.6 is 23.2 Å². The summed E-state index contributed by atoms with van der Waals surface area (Å²) in [7, 11) is 0. The maximum absolute atomic E-state index is 5.32. The molecule has 5 heteroatoms. The quantitative estimate of drug-likeness (QED) is 0.470. The summed E-state index contributed by atoms with van der Waals surface area (Å²) in [6, 6.07) is 0. The molecule has 0 aromatic rings. The van der Waals surface area contributed by atoms with Gasteiger partial charge in [-0.2, -0.15) is 0 Å². The van der Waals surface area contributed by atoms with Crippen molar-refractivity contribution >= 4 is 23.2 Å². The molecule has 0 atom stereocenters. The molecule has 0 aliphatic rings. The summed E-state index contributed by atoms with van der Waals surface area (Å²) < 4.78 is 0. The minimum Gasteiger partial charge on any atom is -0.269 e. The number of rotatable bonds is 3. The van der Waals surface area contributed by atoms with Crippen LogP contribution in [0.4, 0.5) is 14.1 Å². The molecule has 0 aromatic carbocycles. The number of alkyl halides is 2. The molecule has 0 rings (SSSR count). The first-order valence-corrected chi connectivity index (χ1v) is 3.10. The van der Waals surface area contributed by atoms with Crippen molar-refractivity contribution in [2.45, 2.75) is 12.8 Å². The molecule has 0 saturated heterocycles. The Labute approximate surface area is 62.6 Å². The van der Waals surface area contributed by atoms with Gasteiger partial charge in [0, 0.05) is 11.8 Å². The smallest absolute Gasteiger partial charge is 0.0223 e. The molecule has 0 fully saturated rings. The molecule has 0 unspecified atom stereocenters. The predicted molar refractivity (Wildman–Crippen MR) is 38.2 cm³/mol. The highest BCUT2D eigenvalue weighted by Gasteiger charge is 1.78. The normalized spacial score (nSPS) is 6.00. The van der Waals surface area contributed by atoms with Crippen molar-refractivity contribution in [1.82, 2.24) is 0 Å². The van der Waals surface area contributed by atoms with Gasteiger partial charge in [-0.1, -0.05) is 0 Å². The molecule has 0 nitrogen and oxygen atoms in total. The average molecular weight is 187 g/mol. The highest BCUT2D eigenvalue weighted by atomic mass is 35.5. The lowest BCUT2D eigenvalue weighted by Gasteiger charge is -1.83. The predicted octanol–water partition coefficient (Wildman–Crippen LogP) is 2.70. The first kappa shape index (κ1) is 22.8. The first-order chi connectivity index (χ1) is 2.91. The van der Waals surface area contributed by atoms with Gasteiger partial charge in [0.15, 0.2) is 0 Å². The van der Waals surface area contributed by atoms with E-state index in [9.17, 15) is 0 Å². The van der Waals surface area contributed by atoms with Crippen LogP contribution in [0, 0.1) is 0 Å². The van der Waals surface area contributed by atoms with E-state index in [1.807, 2.05) is 0 Å². The van der Waals surface area contributed by atoms with E-state index in [4.69, 9.17) is 23.2 Å². The first-order valence-electron chi connectivity index (χ1n) is 2.03. The zero-order chi connectivity index (χ0) is 4.83. The molecule has 9 heavy (non-hydrogen) atoms. The lowest BCUT2D eigenvalue weighted by molar-refractivity contribution is 0.899. The van der Waals surface area contributed by atoms with E-state index >= 15 is 0 Å². The van der Waals surface area contributed by atoms with Crippen LogP contribution < -0.4 is 0 Å². The van der Waals surface area contributed by atoms with Crippen molar-refractivity contribution in [2.24, 2.45) is 0 Å². The molecule has 0 aromatic heterocycles. The van der Waals surface area contributed by atoms with Crippen LogP contribution in [0.1, 0.15) is 12.8 Å². The molecule has 0 aliphatic heterocycles. The molecular weight excluding hydrogens is 176 g/mol. The Balaban J connectivity index is -0.0000000417. The molecule has 0 amide bonds. The van der Waals surface area contributed by atoms with Crippen LogP contribution in [0.3, 0.4) is 0 Å². The molecule has 0 spiro atoms. The van der Waals surface area contributed by atoms with E-state index in [0.29, 0.717) is 0 Å². The summed E-state index contributed by atoms with van der Waals surface area (Å²) in [5.41, 5.74) is 0. The van der Waals surface area contributed by atoms with Crippen molar-refractivity contribution in [3.05, 3.63) is 0 Å². The second kappa shape index (κ2) is 23.8. The third kappa shape index (κ3) is 29.9. The summed E-state index contributed by atoms with van der Waals surface area (Å²) in [5.74, 6) is 1.49. The van der Waals surface area contributed by atoms with E-state index in [-0.39, 0.29) is 14.1 Å². The van der Waals surface area contributed by atoms with E-state index in [1.165, 1.54) is 0 Å². The van der Waals surface area contributed by atoms with Gasteiger partial charge >= 0.3 is 0 Å². The summed E-state index contributed by atoms with van der Waals surface area (Å²) in [5, 5.41) is 0. The Morgan fingerprint density at radius 1 is 0.667 bits per heavy atom. The molecule has 0 radical (unpaired) electrons. The van der Waals surface area contributed by atoms with Crippen LogP contribution in [0.2, 0.25) is 0 Å². The van der Waals surface area contributed by atoms with E-state index < -0.39 is 0 Å². The number of hydrogen-bond acceptors (Lipinski definition) is 0. The van der Waals surface area contributed by atoms with Gasteiger partial charge in [0.1, 0.15) is 0 Å². The Morgan fingerprint density at radius 2 is 0.889 bits per heavy atom. The van der Waals surface area contributed by atoms with Gasteiger partial charge in [-0.25, -0.2) is 0 Å². The van der Waals surface area contributed by atoms with Gasteiger partial charge in [-0.15, -0.1) is 23.2 Å². The minimum atomic E-state index is 0. The molecule has 0 heterocycles. The van der Waals surface area contributed by atoms with Crippen molar-refractivity contribution in [3.8, 4) is 0 Å². The number of unbranched alkanes of at least 4 members (excludes halogenated alkanes) is 1. The van der Waals surface area contributed by atoms with E-state index in [1.54, 1.807) is 0 Å². The van der Waals surface area contributed by atoms with Crippen molar-refractivity contribution < 1.29 is 14.1 Å². The molecule has 62 valence electrons. The largest absolute Gasteiger partial charge is 0.269 e. The van der Waals surface area contributed by atoms with Gasteiger partial charge in [0.25, 0.3) is 0 Å². The van der Waals surface area contributed by atoms with E-state index in [0.717, 1.165) is 24.6 Å². The van der Waals surface area contributed by atoms with Gasteiger partial charge in [-0.3, -0.25) is 14.1 Å². The van der Waals surface area contributed by atoms with Gasteiger partial charge in [-0.05, 0) is 12.8 Å². The zero-order valence-electron chi connectivity index (χ0n) is 4.81. The average Bonchev–Trinajstić information content (AvgIpc) is 1.61. The van der Waals surface area contributed by atoms with Crippen molar-refractivity contribution in [3.63, 3.8) is 0 Å². The van der Waals surface area contributed by atoms with Crippen molar-refractivity contribution in [2.75, 3.05) is 11.8 Å². The maximum Gasteiger partial charge on any atom is 0.0223 e. The highest BCUT2D eigenvalue weighted by molar-refractivity contribution is 6.18. The lowest BCUT2D eigenvalue weighted by atomic mass is 10.4. The minimum absolute atomic E-state index is 0. The molecular formula is C4H11Cl2F3. The standard InChI is InChI=1S/C4H8Cl2.3FH/c5-3-1-2-4-6;;;/h1-4H2;3*1H. The fraction of sp³-hybridized carbons (Fsp3) is 1.00. The molecule has 0 aliphatic carbocycles. The lowest BCUT2D eigenvalue weighted by Crippen LogP contribution is -1.74. The molecule has 0 N–H and O–H groups in total. The SMILES string of the molecule is ClCCCCCl.F.F.F. The Morgan fingerprint density at radius 3 is 1.00 bits per heavy atom. The van der Waals surface area contributed by atoms with Crippen LogP contribution in [-0.2, 0) is 0 Å². The Bertz CT molecular complexity index is 25.8. The van der Waals surface area contributed by atoms with Crippen molar-refractivity contribution in [1.29, 1.82) is 0 Å². The summed E-state index contributed by atoms with van der Waals surface area (Å²) >= 11 is 10.6. The fourth-order valence-electron chi connectivity index (χ4n) is 0.189. The maximum atomic E-state index is 5.32. The molecule has 0 bridgehead atoms. The van der Waals surface area contributed by atoms with Gasteiger partial charge in [0.2, 0.25) is 0 Å². The molecule has 0 saturated carbocycles. The fourth-order valence-corrected chi connectivity index (χ4v) is 0.567. The van der Waals surface area contributed by atoms with E-state index in [2.05, 4.69) is 0 Å². The zero-order valence-corrected chi connectivity index (χ0v) is 6.32. The summed E-state index contributed by atoms with van der Waals surface area (Å²) in [4.78, 5) is 0.